The van der Waals surface area contributed by atoms with Crippen LogP contribution in [-0.4, -0.2) is 4.57 Å². The van der Waals surface area contributed by atoms with E-state index in [-0.39, 0.29) is 24.1 Å². The Hall–Kier alpha value is -4.58. The van der Waals surface area contributed by atoms with E-state index >= 15 is 0 Å². The van der Waals surface area contributed by atoms with Gasteiger partial charge in [-0.25, -0.2) is 13.2 Å². The van der Waals surface area contributed by atoms with E-state index in [1.54, 1.807) is 24.3 Å². The van der Waals surface area contributed by atoms with Crippen LogP contribution in [0, 0.1) is 24.4 Å². The number of benzene rings is 4. The molecule has 0 spiro atoms. The number of rotatable bonds is 7. The molecule has 0 saturated carbocycles. The quantitative estimate of drug-likeness (QED) is 0.198. The lowest BCUT2D eigenvalue weighted by molar-refractivity contribution is -0.693. The largest absolute Gasteiger partial charge is 0.489 e. The molecule has 4 aromatic carbocycles. The smallest absolute Gasteiger partial charge is 0.203 e. The van der Waals surface area contributed by atoms with Crippen molar-refractivity contribution in [3.8, 4) is 5.75 Å². The molecule has 2 aromatic heterocycles. The van der Waals surface area contributed by atoms with Crippen LogP contribution in [-0.2, 0) is 19.7 Å². The van der Waals surface area contributed by atoms with Gasteiger partial charge in [0.2, 0.25) is 5.69 Å². The van der Waals surface area contributed by atoms with Gasteiger partial charge in [-0.3, -0.25) is 0 Å². The van der Waals surface area contributed by atoms with Gasteiger partial charge in [-0.05, 0) is 59.7 Å². The Morgan fingerprint density at radius 1 is 0.744 bits per heavy atom. The molecule has 0 amide bonds. The topological polar surface area (TPSA) is 18.0 Å². The van der Waals surface area contributed by atoms with Crippen molar-refractivity contribution < 1.29 is 22.5 Å². The lowest BCUT2D eigenvalue weighted by Gasteiger charge is -2.11. The predicted molar refractivity (Wildman–Crippen MR) is 146 cm³/mol. The Balaban J connectivity index is 1.47. The normalized spacial score (nSPS) is 11.4. The minimum Gasteiger partial charge on any atom is -0.489 e. The molecule has 0 aliphatic carbocycles. The molecule has 0 fully saturated rings. The van der Waals surface area contributed by atoms with Crippen LogP contribution in [0.15, 0.2) is 103 Å². The number of pyridine rings is 1. The fraction of sp³-hybridized carbons (Fsp3) is 0.121. The predicted octanol–water partition coefficient (Wildman–Crippen LogP) is 7.48. The van der Waals surface area contributed by atoms with Crippen molar-refractivity contribution in [1.29, 1.82) is 0 Å². The summed E-state index contributed by atoms with van der Waals surface area (Å²) in [6.45, 7) is 3.08. The number of hydrogen-bond donors (Lipinski definition) is 0. The molecule has 0 radical (unpaired) electrons. The Morgan fingerprint density at radius 3 is 2.26 bits per heavy atom. The van der Waals surface area contributed by atoms with E-state index in [0.29, 0.717) is 24.4 Å². The Bertz CT molecular complexity index is 1830. The van der Waals surface area contributed by atoms with Crippen LogP contribution in [0.4, 0.5) is 13.2 Å². The van der Waals surface area contributed by atoms with Crippen molar-refractivity contribution in [3.63, 3.8) is 0 Å². The van der Waals surface area contributed by atoms with Crippen molar-refractivity contribution in [1.82, 2.24) is 4.57 Å². The average molecular weight is 524 g/mol. The number of aryl methyl sites for hydroxylation is 1. The highest BCUT2D eigenvalue weighted by Gasteiger charge is 2.21. The first kappa shape index (κ1) is 24.7. The lowest BCUT2D eigenvalue weighted by Crippen LogP contribution is -2.38. The van der Waals surface area contributed by atoms with E-state index in [4.69, 9.17) is 4.74 Å². The van der Waals surface area contributed by atoms with E-state index in [1.807, 2.05) is 60.2 Å². The second-order valence-corrected chi connectivity index (χ2v) is 9.70. The maximum absolute atomic E-state index is 14.5. The maximum atomic E-state index is 14.5. The molecular formula is C33H26F3N2O+. The summed E-state index contributed by atoms with van der Waals surface area (Å²) in [6.07, 6.45) is 1.98. The van der Waals surface area contributed by atoms with Crippen LogP contribution in [0.1, 0.15) is 22.4 Å². The number of ether oxygens (including phenoxy) is 1. The molecule has 6 aromatic rings. The summed E-state index contributed by atoms with van der Waals surface area (Å²) >= 11 is 0. The molecule has 0 N–H and O–H groups in total. The Kier molecular flexibility index (Phi) is 6.53. The fourth-order valence-corrected chi connectivity index (χ4v) is 5.17. The lowest BCUT2D eigenvalue weighted by atomic mass is 10.1. The fourth-order valence-electron chi connectivity index (χ4n) is 5.17. The van der Waals surface area contributed by atoms with Gasteiger partial charge < -0.3 is 9.30 Å². The van der Waals surface area contributed by atoms with Crippen molar-refractivity contribution in [2.75, 3.05) is 0 Å². The first-order valence-electron chi connectivity index (χ1n) is 12.8. The van der Waals surface area contributed by atoms with E-state index in [0.717, 1.165) is 38.6 Å². The third-order valence-corrected chi connectivity index (χ3v) is 7.09. The van der Waals surface area contributed by atoms with Gasteiger partial charge in [0.1, 0.15) is 35.3 Å². The van der Waals surface area contributed by atoms with Crippen LogP contribution in [0.5, 0.6) is 5.75 Å². The van der Waals surface area contributed by atoms with Gasteiger partial charge in [-0.15, -0.1) is 0 Å². The van der Waals surface area contributed by atoms with E-state index in [9.17, 15) is 13.2 Å². The highest BCUT2D eigenvalue weighted by atomic mass is 19.1. The molecule has 3 nitrogen and oxygen atoms in total. The first-order chi connectivity index (χ1) is 19.0. The van der Waals surface area contributed by atoms with Crippen molar-refractivity contribution in [3.05, 3.63) is 143 Å². The number of fused-ring (bicyclic) bond motifs is 3. The summed E-state index contributed by atoms with van der Waals surface area (Å²) in [4.78, 5) is 0. The molecule has 0 saturated heterocycles. The minimum atomic E-state index is -0.305. The zero-order valence-corrected chi connectivity index (χ0v) is 21.4. The molecule has 0 unspecified atom stereocenters. The molecule has 0 bridgehead atoms. The van der Waals surface area contributed by atoms with Crippen LogP contribution >= 0.6 is 0 Å². The number of aromatic nitrogens is 2. The highest BCUT2D eigenvalue weighted by Crippen LogP contribution is 2.33. The first-order valence-corrected chi connectivity index (χ1v) is 12.8. The molecule has 2 heterocycles. The molecule has 0 aliphatic rings. The molecule has 6 heteroatoms. The van der Waals surface area contributed by atoms with Gasteiger partial charge in [0.25, 0.3) is 0 Å². The second kappa shape index (κ2) is 10.3. The molecule has 194 valence electrons. The molecule has 0 aliphatic heterocycles. The molecular weight excluding hydrogens is 497 g/mol. The zero-order valence-electron chi connectivity index (χ0n) is 21.4. The summed E-state index contributed by atoms with van der Waals surface area (Å²) < 4.78 is 52.4. The van der Waals surface area contributed by atoms with Crippen molar-refractivity contribution in [2.24, 2.45) is 0 Å². The van der Waals surface area contributed by atoms with Gasteiger partial charge in [0, 0.05) is 36.4 Å². The second-order valence-electron chi connectivity index (χ2n) is 9.70. The Labute approximate surface area is 224 Å². The van der Waals surface area contributed by atoms with Crippen molar-refractivity contribution in [2.45, 2.75) is 26.6 Å². The highest BCUT2D eigenvalue weighted by molar-refractivity contribution is 6.08. The van der Waals surface area contributed by atoms with Gasteiger partial charge in [0.05, 0.1) is 11.1 Å². The van der Waals surface area contributed by atoms with E-state index in [2.05, 4.69) is 4.57 Å². The molecule has 6 rings (SSSR count). The summed E-state index contributed by atoms with van der Waals surface area (Å²) in [5.41, 5.74) is 5.04. The summed E-state index contributed by atoms with van der Waals surface area (Å²) in [5, 5.41) is 2.07. The molecule has 39 heavy (non-hydrogen) atoms. The summed E-state index contributed by atoms with van der Waals surface area (Å²) in [5.74, 6) is -0.198. The van der Waals surface area contributed by atoms with Gasteiger partial charge in [0.15, 0.2) is 12.7 Å². The van der Waals surface area contributed by atoms with Crippen LogP contribution in [0.25, 0.3) is 21.8 Å². The minimum absolute atomic E-state index is 0.231. The SMILES string of the molecule is Cc1c2c(cc[n+]1Cc1ccccc1F)c1ccc(OCc3cccc(F)c3)cc1n2Cc1cccc(F)c1. The maximum Gasteiger partial charge on any atom is 0.203 e. The third kappa shape index (κ3) is 4.98. The third-order valence-electron chi connectivity index (χ3n) is 7.09. The number of nitrogens with zero attached hydrogens (tertiary/aromatic N) is 2. The summed E-state index contributed by atoms with van der Waals surface area (Å²) in [7, 11) is 0. The van der Waals surface area contributed by atoms with Gasteiger partial charge in [-0.1, -0.05) is 36.4 Å². The summed E-state index contributed by atoms with van der Waals surface area (Å²) in [6, 6.07) is 27.6. The Morgan fingerprint density at radius 2 is 1.49 bits per heavy atom. The van der Waals surface area contributed by atoms with Crippen LogP contribution in [0.3, 0.4) is 0 Å². The average Bonchev–Trinajstić information content (AvgIpc) is 3.23. The van der Waals surface area contributed by atoms with Crippen LogP contribution in [0.2, 0.25) is 0 Å². The zero-order chi connectivity index (χ0) is 26.9. The van der Waals surface area contributed by atoms with Gasteiger partial charge >= 0.3 is 0 Å². The van der Waals surface area contributed by atoms with Gasteiger partial charge in [-0.2, -0.15) is 4.57 Å². The van der Waals surface area contributed by atoms with Crippen LogP contribution < -0.4 is 9.30 Å². The number of hydrogen-bond acceptors (Lipinski definition) is 1. The standard InChI is InChI=1S/C33H26F3N2O/c1-22-33-30(14-15-37(22)20-25-8-2-3-11-31(25)36)29-13-12-28(39-21-24-7-5-10-27(35)17-24)18-32(29)38(33)19-23-6-4-9-26(34)16-23/h2-18H,19-21H2,1H3/q+1. The molecule has 0 atom stereocenters. The van der Waals surface area contributed by atoms with E-state index in [1.165, 1.54) is 30.3 Å². The monoisotopic (exact) mass is 523 g/mol. The number of halogens is 3. The van der Waals surface area contributed by atoms with E-state index < -0.39 is 0 Å². The van der Waals surface area contributed by atoms with Crippen molar-refractivity contribution >= 4 is 21.8 Å².